The molecule has 92 valence electrons. The standard InChI is InChI=1S/C10H12N2O4S/c1-3-4-12-8-5(9(13)14)6(11)7(17-8)10(15)16-2/h3,12H,1,4,11H2,2H3,(H,13,14). The molecule has 0 radical (unpaired) electrons. The highest BCUT2D eigenvalue weighted by Gasteiger charge is 2.25. The van der Waals surface area contributed by atoms with Gasteiger partial charge in [0.15, 0.2) is 0 Å². The highest BCUT2D eigenvalue weighted by Crippen LogP contribution is 2.36. The van der Waals surface area contributed by atoms with Gasteiger partial charge in [-0.05, 0) is 0 Å². The quantitative estimate of drug-likeness (QED) is 0.544. The molecule has 0 atom stereocenters. The average molecular weight is 256 g/mol. The summed E-state index contributed by atoms with van der Waals surface area (Å²) in [6, 6.07) is 0. The van der Waals surface area contributed by atoms with Crippen LogP contribution in [0.2, 0.25) is 0 Å². The number of hydrogen-bond donors (Lipinski definition) is 3. The number of aromatic carboxylic acids is 1. The van der Waals surface area contributed by atoms with Crippen LogP contribution < -0.4 is 11.1 Å². The Bertz CT molecular complexity index is 467. The Labute approximate surface area is 102 Å². The van der Waals surface area contributed by atoms with Gasteiger partial charge in [0.25, 0.3) is 0 Å². The van der Waals surface area contributed by atoms with E-state index in [1.807, 2.05) is 0 Å². The second-order valence-electron chi connectivity index (χ2n) is 3.02. The number of nitrogens with one attached hydrogen (secondary N) is 1. The number of thiophene rings is 1. The third kappa shape index (κ3) is 2.56. The Morgan fingerprint density at radius 1 is 1.65 bits per heavy atom. The lowest BCUT2D eigenvalue weighted by Crippen LogP contribution is -2.07. The van der Waals surface area contributed by atoms with Crippen LogP contribution in [-0.2, 0) is 4.74 Å². The second-order valence-corrected chi connectivity index (χ2v) is 4.04. The summed E-state index contributed by atoms with van der Waals surface area (Å²) in [7, 11) is 1.21. The summed E-state index contributed by atoms with van der Waals surface area (Å²) >= 11 is 0.948. The fraction of sp³-hybridized carbons (Fsp3) is 0.200. The van der Waals surface area contributed by atoms with Crippen LogP contribution in [0.15, 0.2) is 12.7 Å². The summed E-state index contributed by atoms with van der Waals surface area (Å²) in [4.78, 5) is 22.5. The Morgan fingerprint density at radius 3 is 2.76 bits per heavy atom. The van der Waals surface area contributed by atoms with E-state index in [4.69, 9.17) is 10.8 Å². The molecule has 4 N–H and O–H groups in total. The zero-order chi connectivity index (χ0) is 13.0. The van der Waals surface area contributed by atoms with Crippen molar-refractivity contribution in [3.8, 4) is 0 Å². The Balaban J connectivity index is 3.24. The van der Waals surface area contributed by atoms with Gasteiger partial charge in [-0.1, -0.05) is 6.08 Å². The van der Waals surface area contributed by atoms with Crippen LogP contribution >= 0.6 is 11.3 Å². The normalized spacial score (nSPS) is 9.71. The lowest BCUT2D eigenvalue weighted by molar-refractivity contribution is 0.0607. The molecular weight excluding hydrogens is 244 g/mol. The largest absolute Gasteiger partial charge is 0.478 e. The molecule has 0 aliphatic carbocycles. The molecule has 0 saturated carbocycles. The van der Waals surface area contributed by atoms with Gasteiger partial charge in [-0.25, -0.2) is 9.59 Å². The maximum absolute atomic E-state index is 11.4. The third-order valence-corrected chi connectivity index (χ3v) is 3.08. The third-order valence-electron chi connectivity index (χ3n) is 1.94. The van der Waals surface area contributed by atoms with E-state index in [9.17, 15) is 9.59 Å². The van der Waals surface area contributed by atoms with Gasteiger partial charge in [0.2, 0.25) is 0 Å². The molecule has 0 unspecified atom stereocenters. The van der Waals surface area contributed by atoms with Crippen LogP contribution in [0.3, 0.4) is 0 Å². The summed E-state index contributed by atoms with van der Waals surface area (Å²) in [6.07, 6.45) is 1.57. The molecule has 0 aromatic carbocycles. The van der Waals surface area contributed by atoms with E-state index in [-0.39, 0.29) is 16.1 Å². The molecule has 0 fully saturated rings. The number of carboxylic acid groups (broad SMARTS) is 1. The van der Waals surface area contributed by atoms with Crippen molar-refractivity contribution in [3.05, 3.63) is 23.1 Å². The molecule has 17 heavy (non-hydrogen) atoms. The molecule has 0 aliphatic heterocycles. The number of esters is 1. The molecule has 0 amide bonds. The Morgan fingerprint density at radius 2 is 2.29 bits per heavy atom. The van der Waals surface area contributed by atoms with Crippen LogP contribution in [0.1, 0.15) is 20.0 Å². The van der Waals surface area contributed by atoms with Crippen LogP contribution in [-0.4, -0.2) is 30.7 Å². The highest BCUT2D eigenvalue weighted by molar-refractivity contribution is 7.19. The van der Waals surface area contributed by atoms with Crippen LogP contribution in [0.25, 0.3) is 0 Å². The van der Waals surface area contributed by atoms with Crippen molar-refractivity contribution in [3.63, 3.8) is 0 Å². The van der Waals surface area contributed by atoms with E-state index >= 15 is 0 Å². The van der Waals surface area contributed by atoms with Gasteiger partial charge in [-0.2, -0.15) is 0 Å². The van der Waals surface area contributed by atoms with E-state index < -0.39 is 11.9 Å². The zero-order valence-electron chi connectivity index (χ0n) is 9.15. The first-order valence-corrected chi connectivity index (χ1v) is 5.43. The smallest absolute Gasteiger partial charge is 0.350 e. The van der Waals surface area contributed by atoms with Crippen molar-refractivity contribution in [1.82, 2.24) is 0 Å². The fourth-order valence-electron chi connectivity index (χ4n) is 1.19. The fourth-order valence-corrected chi connectivity index (χ4v) is 2.23. The van der Waals surface area contributed by atoms with Gasteiger partial charge < -0.3 is 20.9 Å². The minimum atomic E-state index is -1.19. The predicted molar refractivity (Wildman–Crippen MR) is 65.7 cm³/mol. The minimum Gasteiger partial charge on any atom is -0.478 e. The number of ether oxygens (including phenoxy) is 1. The maximum Gasteiger partial charge on any atom is 0.350 e. The van der Waals surface area contributed by atoms with Crippen LogP contribution in [0.4, 0.5) is 10.7 Å². The number of anilines is 2. The Hall–Kier alpha value is -2.02. The summed E-state index contributed by atoms with van der Waals surface area (Å²) in [6.45, 7) is 3.88. The van der Waals surface area contributed by atoms with Gasteiger partial charge >= 0.3 is 11.9 Å². The number of nitrogen functional groups attached to an aromatic ring is 1. The molecule has 1 heterocycles. The molecule has 1 aromatic rings. The summed E-state index contributed by atoms with van der Waals surface area (Å²) < 4.78 is 4.52. The molecular formula is C10H12N2O4S. The van der Waals surface area contributed by atoms with E-state index in [1.54, 1.807) is 6.08 Å². The van der Waals surface area contributed by atoms with Gasteiger partial charge in [-0.15, -0.1) is 17.9 Å². The molecule has 1 rings (SSSR count). The van der Waals surface area contributed by atoms with E-state index in [1.165, 1.54) is 7.11 Å². The van der Waals surface area contributed by atoms with Crippen molar-refractivity contribution in [2.75, 3.05) is 24.7 Å². The number of carbonyl (C=O) groups excluding carboxylic acids is 1. The molecule has 0 saturated heterocycles. The number of rotatable bonds is 5. The summed E-state index contributed by atoms with van der Waals surface area (Å²) in [5, 5.41) is 12.2. The molecule has 7 heteroatoms. The lowest BCUT2D eigenvalue weighted by atomic mass is 10.2. The monoisotopic (exact) mass is 256 g/mol. The van der Waals surface area contributed by atoms with Gasteiger partial charge in [0.05, 0.1) is 12.8 Å². The van der Waals surface area contributed by atoms with Crippen molar-refractivity contribution in [2.45, 2.75) is 0 Å². The van der Waals surface area contributed by atoms with Crippen LogP contribution in [0, 0.1) is 0 Å². The van der Waals surface area contributed by atoms with Gasteiger partial charge in [0.1, 0.15) is 15.4 Å². The van der Waals surface area contributed by atoms with Crippen molar-refractivity contribution >= 4 is 34.0 Å². The number of carbonyl (C=O) groups is 2. The molecule has 6 nitrogen and oxygen atoms in total. The van der Waals surface area contributed by atoms with Gasteiger partial charge in [0, 0.05) is 6.54 Å². The zero-order valence-corrected chi connectivity index (χ0v) is 9.97. The number of hydrogen-bond acceptors (Lipinski definition) is 6. The average Bonchev–Trinajstić information content (AvgIpc) is 2.62. The van der Waals surface area contributed by atoms with E-state index in [0.717, 1.165) is 11.3 Å². The van der Waals surface area contributed by atoms with Crippen LogP contribution in [0.5, 0.6) is 0 Å². The number of carboxylic acids is 1. The topological polar surface area (TPSA) is 102 Å². The van der Waals surface area contributed by atoms with E-state index in [2.05, 4.69) is 16.6 Å². The molecule has 0 aliphatic rings. The SMILES string of the molecule is C=CCNc1sc(C(=O)OC)c(N)c1C(=O)O. The summed E-state index contributed by atoms with van der Waals surface area (Å²) in [5.74, 6) is -1.85. The minimum absolute atomic E-state index is 0.0801. The lowest BCUT2D eigenvalue weighted by Gasteiger charge is -2.01. The number of nitrogens with two attached hydrogens (primary N) is 1. The first kappa shape index (κ1) is 13.0. The predicted octanol–water partition coefficient (Wildman–Crippen LogP) is 1.41. The highest BCUT2D eigenvalue weighted by atomic mass is 32.1. The summed E-state index contributed by atoms with van der Waals surface area (Å²) in [5.41, 5.74) is 5.42. The number of methoxy groups -OCH3 is 1. The van der Waals surface area contributed by atoms with E-state index in [0.29, 0.717) is 11.5 Å². The maximum atomic E-state index is 11.4. The first-order valence-electron chi connectivity index (χ1n) is 4.61. The van der Waals surface area contributed by atoms with Gasteiger partial charge in [-0.3, -0.25) is 0 Å². The molecule has 1 aromatic heterocycles. The van der Waals surface area contributed by atoms with Crippen molar-refractivity contribution in [1.29, 1.82) is 0 Å². The molecule has 0 bridgehead atoms. The molecule has 0 spiro atoms. The van der Waals surface area contributed by atoms with Crippen molar-refractivity contribution in [2.24, 2.45) is 0 Å². The Kier molecular flexibility index (Phi) is 4.11. The first-order chi connectivity index (χ1) is 8.02. The second kappa shape index (κ2) is 5.35. The van der Waals surface area contributed by atoms with Crippen molar-refractivity contribution < 1.29 is 19.4 Å².